The molecule has 1 unspecified atom stereocenters. The van der Waals surface area contributed by atoms with Crippen LogP contribution in [0.5, 0.6) is 5.75 Å². The number of amides is 1. The molecule has 0 saturated carbocycles. The molecule has 1 amide bonds. The van der Waals surface area contributed by atoms with E-state index in [9.17, 15) is 14.7 Å². The summed E-state index contributed by atoms with van der Waals surface area (Å²) in [6.07, 6.45) is -0.319. The highest BCUT2D eigenvalue weighted by atomic mass is 16.6. The fourth-order valence-corrected chi connectivity index (χ4v) is 4.41. The van der Waals surface area contributed by atoms with E-state index in [0.29, 0.717) is 42.3 Å². The number of ether oxygens (including phenoxy) is 2. The lowest BCUT2D eigenvalue weighted by molar-refractivity contribution is -0.138. The van der Waals surface area contributed by atoms with Crippen LogP contribution in [0.1, 0.15) is 54.8 Å². The van der Waals surface area contributed by atoms with Gasteiger partial charge >= 0.3 is 12.1 Å². The number of carboxylic acid groups (broad SMARTS) is 1. The Balaban J connectivity index is 1.39. The number of benzene rings is 3. The van der Waals surface area contributed by atoms with E-state index in [2.05, 4.69) is 22.8 Å². The number of carbonyl (C=O) groups is 2. The van der Waals surface area contributed by atoms with Crippen molar-refractivity contribution >= 4 is 17.7 Å². The summed E-state index contributed by atoms with van der Waals surface area (Å²) in [5.74, 6) is 0.114. The predicted molar refractivity (Wildman–Crippen MR) is 161 cm³/mol. The number of hydrogen-bond acceptors (Lipinski definition) is 7. The lowest BCUT2D eigenvalue weighted by Crippen LogP contribution is -2.27. The van der Waals surface area contributed by atoms with E-state index in [0.717, 1.165) is 22.7 Å². The molecular formula is C33H37N3O6. The molecule has 1 aromatic heterocycles. The van der Waals surface area contributed by atoms with Crippen LogP contribution in [-0.2, 0) is 29.0 Å². The van der Waals surface area contributed by atoms with Gasteiger partial charge in [0.25, 0.3) is 0 Å². The van der Waals surface area contributed by atoms with E-state index in [-0.39, 0.29) is 12.6 Å². The van der Waals surface area contributed by atoms with Gasteiger partial charge in [-0.2, -0.15) is 0 Å². The summed E-state index contributed by atoms with van der Waals surface area (Å²) in [7, 11) is 0. The van der Waals surface area contributed by atoms with Crippen molar-refractivity contribution in [3.63, 3.8) is 0 Å². The first-order valence-corrected chi connectivity index (χ1v) is 14.0. The highest BCUT2D eigenvalue weighted by molar-refractivity contribution is 5.76. The van der Waals surface area contributed by atoms with Crippen LogP contribution in [0.15, 0.2) is 77.2 Å². The van der Waals surface area contributed by atoms with Crippen molar-refractivity contribution in [2.45, 2.75) is 59.2 Å². The molecule has 4 aromatic rings. The Morgan fingerprint density at radius 2 is 1.76 bits per heavy atom. The summed E-state index contributed by atoms with van der Waals surface area (Å²) in [4.78, 5) is 28.4. The maximum absolute atomic E-state index is 12.0. The molecular weight excluding hydrogens is 534 g/mol. The minimum atomic E-state index is -0.954. The Morgan fingerprint density at radius 1 is 0.976 bits per heavy atom. The number of nitrogens with zero attached hydrogens (tertiary/aromatic N) is 1. The summed E-state index contributed by atoms with van der Waals surface area (Å²) in [5, 5.41) is 15.7. The molecule has 0 aliphatic carbocycles. The maximum Gasteiger partial charge on any atom is 0.407 e. The third-order valence-corrected chi connectivity index (χ3v) is 6.67. The predicted octanol–water partition coefficient (Wildman–Crippen LogP) is 6.71. The van der Waals surface area contributed by atoms with Gasteiger partial charge in [-0.05, 0) is 74.7 Å². The van der Waals surface area contributed by atoms with E-state index in [4.69, 9.17) is 18.9 Å². The average molecular weight is 572 g/mol. The van der Waals surface area contributed by atoms with E-state index in [1.165, 1.54) is 5.56 Å². The topological polar surface area (TPSA) is 123 Å². The van der Waals surface area contributed by atoms with Gasteiger partial charge in [-0.3, -0.25) is 4.79 Å². The second-order valence-electron chi connectivity index (χ2n) is 10.3. The second kappa shape index (κ2) is 14.2. The Kier molecular flexibility index (Phi) is 10.2. The quantitative estimate of drug-likeness (QED) is 0.162. The summed E-state index contributed by atoms with van der Waals surface area (Å²) in [6, 6.07) is 23.4. The molecule has 0 saturated heterocycles. The molecule has 220 valence electrons. The van der Waals surface area contributed by atoms with Crippen LogP contribution >= 0.6 is 0 Å². The summed E-state index contributed by atoms with van der Waals surface area (Å²) >= 11 is 0. The van der Waals surface area contributed by atoms with Gasteiger partial charge < -0.3 is 29.6 Å². The zero-order valence-corrected chi connectivity index (χ0v) is 24.3. The number of oxazole rings is 1. The van der Waals surface area contributed by atoms with Gasteiger partial charge in [0, 0.05) is 30.8 Å². The number of aliphatic carboxylic acids is 1. The molecule has 9 heteroatoms. The minimum Gasteiger partial charge on any atom is -0.493 e. The molecule has 3 aromatic carbocycles. The number of carbonyl (C=O) groups excluding carboxylic acids is 1. The van der Waals surface area contributed by atoms with Gasteiger partial charge in [-0.1, -0.05) is 42.5 Å². The summed E-state index contributed by atoms with van der Waals surface area (Å²) < 4.78 is 17.1. The van der Waals surface area contributed by atoms with Crippen molar-refractivity contribution in [2.75, 3.05) is 11.9 Å². The number of carboxylic acids is 1. The van der Waals surface area contributed by atoms with Crippen molar-refractivity contribution in [3.8, 4) is 17.2 Å². The third kappa shape index (κ3) is 8.36. The summed E-state index contributed by atoms with van der Waals surface area (Å²) in [5.41, 5.74) is 5.07. The number of anilines is 1. The van der Waals surface area contributed by atoms with E-state index >= 15 is 0 Å². The lowest BCUT2D eigenvalue weighted by Gasteiger charge is -2.16. The van der Waals surface area contributed by atoms with E-state index in [1.807, 2.05) is 49.4 Å². The van der Waals surface area contributed by atoms with Crippen LogP contribution in [0.25, 0.3) is 11.5 Å². The van der Waals surface area contributed by atoms with Crippen molar-refractivity contribution in [2.24, 2.45) is 0 Å². The zero-order valence-electron chi connectivity index (χ0n) is 24.3. The first-order valence-electron chi connectivity index (χ1n) is 14.0. The Labute approximate surface area is 245 Å². The van der Waals surface area contributed by atoms with Crippen molar-refractivity contribution in [1.82, 2.24) is 10.3 Å². The Bertz CT molecular complexity index is 1500. The molecule has 42 heavy (non-hydrogen) atoms. The van der Waals surface area contributed by atoms with Gasteiger partial charge in [0.1, 0.15) is 11.5 Å². The van der Waals surface area contributed by atoms with Crippen molar-refractivity contribution < 1.29 is 28.6 Å². The van der Waals surface area contributed by atoms with Gasteiger partial charge in [0.2, 0.25) is 5.89 Å². The molecule has 1 heterocycles. The molecule has 3 N–H and O–H groups in total. The number of alkyl carbamates (subject to hydrolysis) is 1. The molecule has 1 atom stereocenters. The highest BCUT2D eigenvalue weighted by Gasteiger charge is 2.19. The van der Waals surface area contributed by atoms with Crippen molar-refractivity contribution in [3.05, 3.63) is 101 Å². The number of rotatable bonds is 13. The normalized spacial score (nSPS) is 11.6. The summed E-state index contributed by atoms with van der Waals surface area (Å²) in [6.45, 7) is 8.16. The molecule has 0 aliphatic rings. The van der Waals surface area contributed by atoms with E-state index in [1.54, 1.807) is 39.0 Å². The lowest BCUT2D eigenvalue weighted by atomic mass is 9.95. The molecule has 9 nitrogen and oxygen atoms in total. The van der Waals surface area contributed by atoms with Crippen LogP contribution in [-0.4, -0.2) is 34.9 Å². The first-order chi connectivity index (χ1) is 20.2. The fourth-order valence-electron chi connectivity index (χ4n) is 4.41. The molecule has 0 fully saturated rings. The second-order valence-corrected chi connectivity index (χ2v) is 10.3. The van der Waals surface area contributed by atoms with Crippen molar-refractivity contribution in [1.29, 1.82) is 0 Å². The Hall–Kier alpha value is -4.79. The highest BCUT2D eigenvalue weighted by Crippen LogP contribution is 2.27. The van der Waals surface area contributed by atoms with Crippen LogP contribution in [0, 0.1) is 6.92 Å². The van der Waals surface area contributed by atoms with Crippen LogP contribution in [0.2, 0.25) is 0 Å². The Morgan fingerprint density at radius 3 is 2.50 bits per heavy atom. The molecule has 0 radical (unpaired) electrons. The van der Waals surface area contributed by atoms with Gasteiger partial charge in [-0.15, -0.1) is 0 Å². The number of hydrogen-bond donors (Lipinski definition) is 3. The number of aryl methyl sites for hydroxylation is 1. The number of nitrogens with one attached hydrogen (secondary N) is 2. The van der Waals surface area contributed by atoms with Gasteiger partial charge in [0.15, 0.2) is 0 Å². The van der Waals surface area contributed by atoms with Crippen LogP contribution in [0.4, 0.5) is 10.5 Å². The fraction of sp³-hybridized carbons (Fsp3) is 0.303. The zero-order chi connectivity index (χ0) is 30.1. The average Bonchev–Trinajstić information content (AvgIpc) is 3.35. The maximum atomic E-state index is 12.0. The molecule has 0 bridgehead atoms. The third-order valence-electron chi connectivity index (χ3n) is 6.67. The molecule has 0 aliphatic heterocycles. The molecule has 0 spiro atoms. The van der Waals surface area contributed by atoms with Gasteiger partial charge in [0.05, 0.1) is 24.3 Å². The monoisotopic (exact) mass is 571 g/mol. The standard InChI is InChI=1S/C33H37N3O6/c1-21(2)41-33(39)35-20-26-18-28(13-14-29(26)22(3)32(37)38)40-16-15-30-23(4)42-31(36-30)25-11-8-12-27(17-25)34-19-24-9-6-5-7-10-24/h5-14,17-18,21-22,34H,15-16,19-20H2,1-4H3,(H,35,39)(H,37,38). The minimum absolute atomic E-state index is 0.112. The SMILES string of the molecule is Cc1oc(-c2cccc(NCc3ccccc3)c2)nc1CCOc1ccc(C(C)C(=O)O)c(CNC(=O)OC(C)C)c1. The smallest absolute Gasteiger partial charge is 0.407 e. The van der Waals surface area contributed by atoms with Crippen LogP contribution in [0.3, 0.4) is 0 Å². The van der Waals surface area contributed by atoms with E-state index < -0.39 is 18.0 Å². The first kappa shape index (κ1) is 30.2. The van der Waals surface area contributed by atoms with Crippen LogP contribution < -0.4 is 15.4 Å². The number of aromatic nitrogens is 1. The van der Waals surface area contributed by atoms with Gasteiger partial charge in [-0.25, -0.2) is 9.78 Å². The largest absolute Gasteiger partial charge is 0.493 e. The molecule has 4 rings (SSSR count).